The minimum Gasteiger partial charge on any atom is -0.493 e. The molecule has 1 aliphatic heterocycles. The molecule has 3 rings (SSSR count). The summed E-state index contributed by atoms with van der Waals surface area (Å²) >= 11 is 5.68. The van der Waals surface area contributed by atoms with Crippen LogP contribution in [-0.4, -0.2) is 6.61 Å². The van der Waals surface area contributed by atoms with Crippen molar-refractivity contribution in [1.29, 1.82) is 0 Å². The molecule has 0 N–H and O–H groups in total. The first kappa shape index (κ1) is 15.2. The van der Waals surface area contributed by atoms with E-state index in [-0.39, 0.29) is 16.1 Å². The number of ether oxygens (including phenoxy) is 1. The molecule has 0 unspecified atom stereocenters. The van der Waals surface area contributed by atoms with E-state index < -0.39 is 17.6 Å². The number of benzene rings is 2. The van der Waals surface area contributed by atoms with Gasteiger partial charge in [0.1, 0.15) is 11.6 Å². The Morgan fingerprint density at radius 3 is 2.55 bits per heavy atom. The van der Waals surface area contributed by atoms with Gasteiger partial charge in [0, 0.05) is 10.6 Å². The summed E-state index contributed by atoms with van der Waals surface area (Å²) in [5.74, 6) is -0.261. The maximum atomic E-state index is 13.8. The van der Waals surface area contributed by atoms with Gasteiger partial charge in [-0.3, -0.25) is 0 Å². The van der Waals surface area contributed by atoms with Crippen molar-refractivity contribution in [3.8, 4) is 16.9 Å². The highest BCUT2D eigenvalue weighted by atomic mass is 35.5. The average molecular weight is 331 g/mol. The first-order valence-electron chi connectivity index (χ1n) is 6.68. The summed E-state index contributed by atoms with van der Waals surface area (Å²) in [5.41, 5.74) is -0.334. The van der Waals surface area contributed by atoms with Gasteiger partial charge in [-0.25, -0.2) is 4.39 Å². The van der Waals surface area contributed by atoms with E-state index in [0.717, 1.165) is 12.1 Å². The van der Waals surface area contributed by atoms with Crippen molar-refractivity contribution < 1.29 is 22.3 Å². The van der Waals surface area contributed by atoms with Crippen LogP contribution >= 0.6 is 11.6 Å². The molecule has 0 fully saturated rings. The third-order valence-electron chi connectivity index (χ3n) is 3.54. The molecule has 0 radical (unpaired) electrons. The van der Waals surface area contributed by atoms with E-state index in [9.17, 15) is 17.6 Å². The number of hydrogen-bond acceptors (Lipinski definition) is 1. The van der Waals surface area contributed by atoms with Gasteiger partial charge in [0.2, 0.25) is 0 Å². The number of rotatable bonds is 1. The van der Waals surface area contributed by atoms with E-state index in [1.807, 2.05) is 0 Å². The zero-order valence-electron chi connectivity index (χ0n) is 11.3. The second-order valence-electron chi connectivity index (χ2n) is 5.08. The van der Waals surface area contributed by atoms with Crippen molar-refractivity contribution in [2.75, 3.05) is 6.61 Å². The fraction of sp³-hybridized carbons (Fsp3) is 0.250. The quantitative estimate of drug-likeness (QED) is 0.628. The Morgan fingerprint density at radius 1 is 1.05 bits per heavy atom. The minimum atomic E-state index is -4.59. The van der Waals surface area contributed by atoms with Gasteiger partial charge < -0.3 is 4.74 Å². The first-order valence-corrected chi connectivity index (χ1v) is 7.06. The van der Waals surface area contributed by atoms with Crippen LogP contribution in [0.5, 0.6) is 5.75 Å². The highest BCUT2D eigenvalue weighted by Gasteiger charge is 2.35. The Morgan fingerprint density at radius 2 is 1.82 bits per heavy atom. The fourth-order valence-corrected chi connectivity index (χ4v) is 2.80. The molecule has 1 aliphatic rings. The standard InChI is InChI=1S/C16H11ClF4O/c17-10-3-4-12(14(7-10)16(19,20)21)13-8-11(18)6-9-2-1-5-22-15(9)13/h3-4,6-8H,1-2,5H2. The summed E-state index contributed by atoms with van der Waals surface area (Å²) in [5, 5.41) is -0.0257. The third kappa shape index (κ3) is 2.77. The van der Waals surface area contributed by atoms with Gasteiger partial charge in [-0.2, -0.15) is 13.2 Å². The van der Waals surface area contributed by atoms with E-state index in [2.05, 4.69) is 0 Å². The highest BCUT2D eigenvalue weighted by molar-refractivity contribution is 6.30. The molecule has 1 heterocycles. The Hall–Kier alpha value is -1.75. The summed E-state index contributed by atoms with van der Waals surface area (Å²) in [6, 6.07) is 5.82. The molecule has 0 amide bonds. The Balaban J connectivity index is 2.26. The van der Waals surface area contributed by atoms with Gasteiger partial charge in [-0.1, -0.05) is 17.7 Å². The van der Waals surface area contributed by atoms with Gasteiger partial charge in [-0.15, -0.1) is 0 Å². The summed E-state index contributed by atoms with van der Waals surface area (Å²) in [4.78, 5) is 0. The summed E-state index contributed by atoms with van der Waals surface area (Å²) in [6.07, 6.45) is -3.30. The maximum Gasteiger partial charge on any atom is 0.417 e. The van der Waals surface area contributed by atoms with Crippen LogP contribution in [0.3, 0.4) is 0 Å². The molecule has 6 heteroatoms. The van der Waals surface area contributed by atoms with E-state index in [1.165, 1.54) is 18.2 Å². The smallest absolute Gasteiger partial charge is 0.417 e. The molecule has 0 spiro atoms. The van der Waals surface area contributed by atoms with Gasteiger partial charge in [0.25, 0.3) is 0 Å². The summed E-state index contributed by atoms with van der Waals surface area (Å²) in [7, 11) is 0. The minimum absolute atomic E-state index is 0.0257. The second-order valence-corrected chi connectivity index (χ2v) is 5.52. The Labute approximate surface area is 129 Å². The second kappa shape index (κ2) is 5.47. The number of aryl methyl sites for hydroxylation is 1. The van der Waals surface area contributed by atoms with Crippen molar-refractivity contribution in [3.63, 3.8) is 0 Å². The SMILES string of the molecule is Fc1cc2c(c(-c3ccc(Cl)cc3C(F)(F)F)c1)OCCC2. The van der Waals surface area contributed by atoms with Crippen LogP contribution < -0.4 is 4.74 Å². The average Bonchev–Trinajstić information content (AvgIpc) is 2.45. The molecule has 0 bridgehead atoms. The van der Waals surface area contributed by atoms with Crippen LogP contribution in [0.15, 0.2) is 30.3 Å². The van der Waals surface area contributed by atoms with Crippen LogP contribution in [0.4, 0.5) is 17.6 Å². The number of fused-ring (bicyclic) bond motifs is 1. The largest absolute Gasteiger partial charge is 0.493 e. The zero-order valence-corrected chi connectivity index (χ0v) is 12.1. The summed E-state index contributed by atoms with van der Waals surface area (Å²) in [6.45, 7) is 0.403. The van der Waals surface area contributed by atoms with Crippen LogP contribution in [0.1, 0.15) is 17.5 Å². The summed E-state index contributed by atoms with van der Waals surface area (Å²) < 4.78 is 59.0. The maximum absolute atomic E-state index is 13.8. The molecule has 0 aliphatic carbocycles. The Bertz CT molecular complexity index is 725. The molecule has 22 heavy (non-hydrogen) atoms. The highest BCUT2D eigenvalue weighted by Crippen LogP contribution is 2.44. The molecule has 1 nitrogen and oxygen atoms in total. The number of hydrogen-bond donors (Lipinski definition) is 0. The van der Waals surface area contributed by atoms with Crippen molar-refractivity contribution in [2.24, 2.45) is 0 Å². The predicted octanol–water partition coefficient (Wildman–Crippen LogP) is 5.49. The van der Waals surface area contributed by atoms with Crippen LogP contribution in [0.2, 0.25) is 5.02 Å². The van der Waals surface area contributed by atoms with Crippen LogP contribution in [0, 0.1) is 5.82 Å². The zero-order chi connectivity index (χ0) is 15.9. The van der Waals surface area contributed by atoms with Gasteiger partial charge in [0.15, 0.2) is 0 Å². The first-order chi connectivity index (χ1) is 10.4. The van der Waals surface area contributed by atoms with E-state index >= 15 is 0 Å². The molecule has 0 atom stereocenters. The predicted molar refractivity (Wildman–Crippen MR) is 75.7 cm³/mol. The monoisotopic (exact) mass is 330 g/mol. The van der Waals surface area contributed by atoms with E-state index in [0.29, 0.717) is 30.8 Å². The molecule has 2 aromatic carbocycles. The lowest BCUT2D eigenvalue weighted by Gasteiger charge is -2.22. The van der Waals surface area contributed by atoms with Crippen molar-refractivity contribution >= 4 is 11.6 Å². The van der Waals surface area contributed by atoms with Crippen LogP contribution in [0.25, 0.3) is 11.1 Å². The van der Waals surface area contributed by atoms with Crippen molar-refractivity contribution in [1.82, 2.24) is 0 Å². The van der Waals surface area contributed by atoms with Crippen LogP contribution in [-0.2, 0) is 12.6 Å². The number of alkyl halides is 3. The van der Waals surface area contributed by atoms with Gasteiger partial charge in [0.05, 0.1) is 12.2 Å². The molecule has 0 saturated heterocycles. The topological polar surface area (TPSA) is 9.23 Å². The molecule has 0 aromatic heterocycles. The number of halogens is 5. The normalized spacial score (nSPS) is 14.4. The van der Waals surface area contributed by atoms with E-state index in [1.54, 1.807) is 0 Å². The third-order valence-corrected chi connectivity index (χ3v) is 3.78. The molecular weight excluding hydrogens is 320 g/mol. The molecule has 116 valence electrons. The lowest BCUT2D eigenvalue weighted by atomic mass is 9.94. The lowest BCUT2D eigenvalue weighted by Crippen LogP contribution is -2.12. The molecule has 0 saturated carbocycles. The van der Waals surface area contributed by atoms with Gasteiger partial charge >= 0.3 is 6.18 Å². The lowest BCUT2D eigenvalue weighted by molar-refractivity contribution is -0.137. The van der Waals surface area contributed by atoms with Crippen molar-refractivity contribution in [2.45, 2.75) is 19.0 Å². The van der Waals surface area contributed by atoms with Gasteiger partial charge in [-0.05, 0) is 48.2 Å². The molecular formula is C16H11ClF4O. The van der Waals surface area contributed by atoms with E-state index in [4.69, 9.17) is 16.3 Å². The van der Waals surface area contributed by atoms with Crippen molar-refractivity contribution in [3.05, 3.63) is 52.3 Å². The Kier molecular flexibility index (Phi) is 3.77. The fourth-order valence-electron chi connectivity index (χ4n) is 2.63. The molecule has 2 aromatic rings.